The third-order valence-corrected chi connectivity index (χ3v) is 16.2. The van der Waals surface area contributed by atoms with Gasteiger partial charge in [-0.2, -0.15) is 0 Å². The predicted molar refractivity (Wildman–Crippen MR) is 265 cm³/mol. The second-order valence-corrected chi connectivity index (χ2v) is 22.4. The van der Waals surface area contributed by atoms with Crippen molar-refractivity contribution in [3.8, 4) is 0 Å². The van der Waals surface area contributed by atoms with Crippen LogP contribution in [0.2, 0.25) is 5.15 Å². The van der Waals surface area contributed by atoms with E-state index >= 15 is 0 Å². The van der Waals surface area contributed by atoms with Crippen molar-refractivity contribution in [1.29, 1.82) is 0 Å². The Morgan fingerprint density at radius 2 is 1.09 bits per heavy atom. The van der Waals surface area contributed by atoms with E-state index in [1.165, 1.54) is 24.3 Å². The van der Waals surface area contributed by atoms with Crippen LogP contribution in [0.5, 0.6) is 0 Å². The van der Waals surface area contributed by atoms with E-state index in [1.807, 2.05) is 64.1 Å². The van der Waals surface area contributed by atoms with Crippen LogP contribution in [-0.2, 0) is 65.8 Å². The van der Waals surface area contributed by atoms with Gasteiger partial charge in [0.1, 0.15) is 11.0 Å². The van der Waals surface area contributed by atoms with Gasteiger partial charge >= 0.3 is 0 Å². The summed E-state index contributed by atoms with van der Waals surface area (Å²) in [5.74, 6) is -0.0984. The highest BCUT2D eigenvalue weighted by atomic mass is 35.5. The zero-order valence-electron chi connectivity index (χ0n) is 39.4. The average Bonchev–Trinajstić information content (AvgIpc) is 3.32. The summed E-state index contributed by atoms with van der Waals surface area (Å²) in [6.07, 6.45) is 6.30. The highest BCUT2D eigenvalue weighted by Gasteiger charge is 2.43. The Kier molecular flexibility index (Phi) is 16.1. The van der Waals surface area contributed by atoms with E-state index < -0.39 is 36.4 Å². The van der Waals surface area contributed by atoms with Gasteiger partial charge in [-0.15, -0.1) is 0 Å². The minimum absolute atomic E-state index is 0.00236. The first-order chi connectivity index (χ1) is 32.6. The number of anilines is 1. The van der Waals surface area contributed by atoms with Crippen LogP contribution < -0.4 is 11.1 Å². The summed E-state index contributed by atoms with van der Waals surface area (Å²) in [6.45, 7) is 10.8. The molecule has 69 heavy (non-hydrogen) atoms. The van der Waals surface area contributed by atoms with E-state index in [2.05, 4.69) is 25.3 Å². The highest BCUT2D eigenvalue weighted by molar-refractivity contribution is 7.91. The summed E-state index contributed by atoms with van der Waals surface area (Å²) < 4.78 is 46.8. The van der Waals surface area contributed by atoms with Gasteiger partial charge in [-0.3, -0.25) is 29.1 Å². The van der Waals surface area contributed by atoms with Gasteiger partial charge in [0, 0.05) is 23.5 Å². The number of nitrogens with zero attached hydrogens (tertiary/aromatic N) is 4. The molecule has 4 heterocycles. The molecule has 0 bridgehead atoms. The van der Waals surface area contributed by atoms with Gasteiger partial charge in [0.25, 0.3) is 0 Å². The third kappa shape index (κ3) is 11.9. The van der Waals surface area contributed by atoms with E-state index in [0.717, 1.165) is 40.2 Å². The summed E-state index contributed by atoms with van der Waals surface area (Å²) in [7, 11) is -6.44. The lowest BCUT2D eigenvalue weighted by Crippen LogP contribution is -2.39. The standard InChI is InChI=1S/C26H27N3O4S.C16H15ClN2O.C10H13NO3S/c1-4-34(32,33)19-10-8-18(9-11-19)16-23(30)29-22-15-17(2)24-20(28-22)12-13-26(3,25(24)31)21-7-5-6-14-27-21;1-10-9-13(17)19-11-6-7-16(2,15(20)14(10)11)12-5-3-4-8-18-12;1-2-15(13,14)9-5-3-8(4-6-9)7-10(11)12/h5-11,14-15H,4,12-13,16H2,1-3H3,(H,28,29,30);3-5,8-9H,6-7H2,1-2H3;3-6H,2,7H2,1H3,(H2,11,12). The second-order valence-electron chi connectivity index (χ2n) is 17.4. The smallest absolute Gasteiger partial charge is 0.229 e. The molecule has 360 valence electrons. The van der Waals surface area contributed by atoms with E-state index in [4.69, 9.17) is 17.3 Å². The number of hydrogen-bond acceptors (Lipinski definition) is 12. The Morgan fingerprint density at radius 1 is 0.652 bits per heavy atom. The fourth-order valence-corrected chi connectivity index (χ4v) is 10.4. The van der Waals surface area contributed by atoms with Crippen LogP contribution in [0.4, 0.5) is 5.82 Å². The van der Waals surface area contributed by atoms with Gasteiger partial charge in [0.15, 0.2) is 31.2 Å². The molecule has 0 spiro atoms. The summed E-state index contributed by atoms with van der Waals surface area (Å²) in [5, 5.41) is 3.27. The molecule has 8 rings (SSSR count). The summed E-state index contributed by atoms with van der Waals surface area (Å²) >= 11 is 5.98. The van der Waals surface area contributed by atoms with E-state index in [0.29, 0.717) is 52.6 Å². The molecule has 2 atom stereocenters. The lowest BCUT2D eigenvalue weighted by Gasteiger charge is -2.33. The van der Waals surface area contributed by atoms with Crippen molar-refractivity contribution in [2.45, 2.75) is 101 Å². The third-order valence-electron chi connectivity index (χ3n) is 12.5. The predicted octanol–water partition coefficient (Wildman–Crippen LogP) is 7.88. The normalized spacial score (nSPS) is 17.5. The Bertz CT molecular complexity index is 3120. The van der Waals surface area contributed by atoms with Crippen molar-refractivity contribution in [2.24, 2.45) is 5.73 Å². The van der Waals surface area contributed by atoms with Gasteiger partial charge in [0.2, 0.25) is 11.8 Å². The largest absolute Gasteiger partial charge is 0.369 e. The molecule has 17 heteroatoms. The molecule has 2 unspecified atom stereocenters. The number of rotatable bonds is 11. The van der Waals surface area contributed by atoms with Gasteiger partial charge in [-0.25, -0.2) is 26.8 Å². The zero-order valence-corrected chi connectivity index (χ0v) is 41.8. The summed E-state index contributed by atoms with van der Waals surface area (Å²) in [4.78, 5) is 67.8. The molecule has 14 nitrogen and oxygen atoms in total. The van der Waals surface area contributed by atoms with Crippen LogP contribution in [0.1, 0.15) is 106 Å². The highest BCUT2D eigenvalue weighted by Crippen LogP contribution is 2.40. The van der Waals surface area contributed by atoms with E-state index in [1.54, 1.807) is 62.6 Å². The molecule has 0 saturated heterocycles. The molecule has 0 radical (unpaired) electrons. The minimum Gasteiger partial charge on any atom is -0.369 e. The van der Waals surface area contributed by atoms with Crippen LogP contribution in [-0.4, -0.2) is 71.7 Å². The zero-order chi connectivity index (χ0) is 50.3. The monoisotopic (exact) mass is 990 g/mol. The van der Waals surface area contributed by atoms with Crippen molar-refractivity contribution in [2.75, 3.05) is 16.8 Å². The molecule has 3 N–H and O–H groups in total. The second kappa shape index (κ2) is 21.4. The lowest BCUT2D eigenvalue weighted by molar-refractivity contribution is -0.117. The number of aromatic nitrogens is 4. The Balaban J connectivity index is 0.000000189. The van der Waals surface area contributed by atoms with Crippen molar-refractivity contribution < 1.29 is 36.0 Å². The van der Waals surface area contributed by atoms with Crippen LogP contribution in [0.15, 0.2) is 119 Å². The van der Waals surface area contributed by atoms with Crippen LogP contribution in [0, 0.1) is 13.8 Å². The fraction of sp³-hybridized carbons (Fsp3) is 0.308. The molecule has 4 aromatic heterocycles. The number of ketones is 2. The molecule has 2 aliphatic rings. The average molecular weight is 992 g/mol. The maximum absolute atomic E-state index is 13.4. The van der Waals surface area contributed by atoms with Crippen molar-refractivity contribution in [3.63, 3.8) is 0 Å². The van der Waals surface area contributed by atoms with Crippen LogP contribution in [0.3, 0.4) is 0 Å². The number of pyridine rings is 4. The number of carbonyl (C=O) groups is 4. The van der Waals surface area contributed by atoms with Crippen LogP contribution >= 0.6 is 11.6 Å². The molecule has 2 amide bonds. The Hall–Kier alpha value is -6.49. The van der Waals surface area contributed by atoms with E-state index in [-0.39, 0.29) is 51.6 Å². The summed E-state index contributed by atoms with van der Waals surface area (Å²) in [6, 6.07) is 27.3. The minimum atomic E-state index is -3.28. The molecular formula is C52H55ClN6O8S2. The quantitative estimate of drug-likeness (QED) is 0.118. The lowest BCUT2D eigenvalue weighted by atomic mass is 9.70. The number of nitrogens with one attached hydrogen (secondary N) is 1. The maximum Gasteiger partial charge on any atom is 0.229 e. The number of hydrogen-bond donors (Lipinski definition) is 2. The number of halogens is 1. The number of amides is 2. The van der Waals surface area contributed by atoms with Crippen LogP contribution in [0.25, 0.3) is 0 Å². The number of nitrogens with two attached hydrogens (primary N) is 1. The van der Waals surface area contributed by atoms with Crippen molar-refractivity contribution in [1.82, 2.24) is 19.9 Å². The van der Waals surface area contributed by atoms with Gasteiger partial charge in [-0.05, 0) is 136 Å². The maximum atomic E-state index is 13.4. The summed E-state index contributed by atoms with van der Waals surface area (Å²) in [5.41, 5.74) is 11.2. The number of carbonyl (C=O) groups excluding carboxylic acids is 4. The van der Waals surface area contributed by atoms with Crippen molar-refractivity contribution in [3.05, 3.63) is 171 Å². The number of benzene rings is 2. The van der Waals surface area contributed by atoms with Gasteiger partial charge < -0.3 is 11.1 Å². The fourth-order valence-electron chi connectivity index (χ4n) is 8.40. The topological polar surface area (TPSA) is 226 Å². The number of aryl methyl sites for hydroxylation is 4. The molecule has 2 aliphatic carbocycles. The van der Waals surface area contributed by atoms with E-state index in [9.17, 15) is 36.0 Å². The molecule has 6 aromatic rings. The molecular weight excluding hydrogens is 936 g/mol. The molecule has 2 aromatic carbocycles. The Labute approximate surface area is 408 Å². The number of Topliss-reactive ketones (excluding diaryl/α,β-unsaturated/α-hetero) is 2. The first-order valence-electron chi connectivity index (χ1n) is 22.4. The molecule has 0 saturated carbocycles. The van der Waals surface area contributed by atoms with Gasteiger partial charge in [-0.1, -0.05) is 61.8 Å². The van der Waals surface area contributed by atoms with Crippen molar-refractivity contribution >= 4 is 60.5 Å². The number of primary amides is 1. The van der Waals surface area contributed by atoms with Gasteiger partial charge in [0.05, 0.1) is 67.7 Å². The molecule has 0 aliphatic heterocycles. The molecule has 0 fully saturated rings. The number of fused-ring (bicyclic) bond motifs is 2. The number of sulfone groups is 2. The Morgan fingerprint density at radius 3 is 1.51 bits per heavy atom. The first kappa shape index (κ1) is 51.9. The SMILES string of the molecule is CCS(=O)(=O)c1ccc(CC(=O)Nc2cc(C)c3c(n2)CCC(C)(c2ccccn2)C3=O)cc1.CCS(=O)(=O)c1ccc(CC(N)=O)cc1.Cc1cc(Cl)nc2c1C(=O)C(C)(c1ccccn1)CC2. The first-order valence-corrected chi connectivity index (χ1v) is 26.1.